The lowest BCUT2D eigenvalue weighted by Gasteiger charge is -2.34. The molecule has 12 rings (SSSR count). The molecule has 308 valence electrons. The van der Waals surface area contributed by atoms with Gasteiger partial charge in [0.2, 0.25) is 0 Å². The molecule has 0 aliphatic heterocycles. The number of nitrogens with zero attached hydrogens (tertiary/aromatic N) is 1. The molecule has 1 nitrogen and oxygen atoms in total. The summed E-state index contributed by atoms with van der Waals surface area (Å²) in [7, 11) is 0. The van der Waals surface area contributed by atoms with Crippen LogP contribution in [0.15, 0.2) is 249 Å². The lowest BCUT2D eigenvalue weighted by Crippen LogP contribution is -2.28. The van der Waals surface area contributed by atoms with Crippen molar-refractivity contribution in [1.82, 2.24) is 0 Å². The van der Waals surface area contributed by atoms with Gasteiger partial charge in [-0.15, -0.1) is 0 Å². The third-order valence-electron chi connectivity index (χ3n) is 14.1. The van der Waals surface area contributed by atoms with Crippen LogP contribution in [-0.2, 0) is 10.8 Å². The van der Waals surface area contributed by atoms with Crippen LogP contribution in [0.3, 0.4) is 0 Å². The summed E-state index contributed by atoms with van der Waals surface area (Å²) in [6.07, 6.45) is 0. The van der Waals surface area contributed by atoms with Crippen molar-refractivity contribution in [2.24, 2.45) is 0 Å². The Morgan fingerprint density at radius 1 is 0.262 bits per heavy atom. The molecule has 0 radical (unpaired) electrons. The third kappa shape index (κ3) is 6.22. The van der Waals surface area contributed by atoms with Crippen molar-refractivity contribution in [3.8, 4) is 55.6 Å². The number of anilines is 3. The van der Waals surface area contributed by atoms with E-state index in [-0.39, 0.29) is 5.41 Å². The van der Waals surface area contributed by atoms with Gasteiger partial charge in [-0.05, 0) is 138 Å². The van der Waals surface area contributed by atoms with E-state index in [0.29, 0.717) is 0 Å². The molecule has 0 aromatic heterocycles. The van der Waals surface area contributed by atoms with Crippen LogP contribution >= 0.6 is 0 Å². The van der Waals surface area contributed by atoms with Crippen LogP contribution in [0.1, 0.15) is 47.2 Å². The zero-order chi connectivity index (χ0) is 43.5. The molecule has 65 heavy (non-hydrogen) atoms. The first kappa shape index (κ1) is 38.7. The van der Waals surface area contributed by atoms with Crippen molar-refractivity contribution in [3.05, 3.63) is 282 Å². The number of hydrogen-bond acceptors (Lipinski definition) is 1. The third-order valence-corrected chi connectivity index (χ3v) is 14.1. The first-order valence-corrected chi connectivity index (χ1v) is 22.7. The fourth-order valence-electron chi connectivity index (χ4n) is 11.0. The molecule has 2 aliphatic carbocycles. The summed E-state index contributed by atoms with van der Waals surface area (Å²) in [5, 5.41) is 0. The summed E-state index contributed by atoms with van der Waals surface area (Å²) in [5.41, 5.74) is 23.0. The average Bonchev–Trinajstić information content (AvgIpc) is 3.80. The van der Waals surface area contributed by atoms with E-state index in [0.717, 1.165) is 17.1 Å². The molecular formula is C64H47N. The minimum atomic E-state index is -0.456. The van der Waals surface area contributed by atoms with Gasteiger partial charge in [-0.25, -0.2) is 0 Å². The molecule has 0 unspecified atom stereocenters. The molecule has 10 aromatic rings. The summed E-state index contributed by atoms with van der Waals surface area (Å²) in [6, 6.07) is 92.0. The Morgan fingerprint density at radius 2 is 0.692 bits per heavy atom. The van der Waals surface area contributed by atoms with Gasteiger partial charge in [-0.3, -0.25) is 0 Å². The molecule has 0 heterocycles. The van der Waals surface area contributed by atoms with E-state index in [1.54, 1.807) is 0 Å². The highest BCUT2D eigenvalue weighted by atomic mass is 15.1. The number of rotatable bonds is 8. The first-order valence-electron chi connectivity index (χ1n) is 22.7. The van der Waals surface area contributed by atoms with E-state index >= 15 is 0 Å². The zero-order valence-corrected chi connectivity index (χ0v) is 36.6. The van der Waals surface area contributed by atoms with Gasteiger partial charge in [0.25, 0.3) is 0 Å². The molecule has 0 amide bonds. The van der Waals surface area contributed by atoms with Crippen LogP contribution in [0.4, 0.5) is 17.1 Å². The smallest absolute Gasteiger partial charge is 0.0713 e. The Bertz CT molecular complexity index is 3270. The van der Waals surface area contributed by atoms with Crippen LogP contribution in [0, 0.1) is 0 Å². The highest BCUT2D eigenvalue weighted by molar-refractivity contribution is 5.91. The Morgan fingerprint density at radius 3 is 1.29 bits per heavy atom. The molecule has 2 aliphatic rings. The van der Waals surface area contributed by atoms with E-state index in [2.05, 4.69) is 267 Å². The van der Waals surface area contributed by atoms with Crippen molar-refractivity contribution in [3.63, 3.8) is 0 Å². The molecule has 0 atom stereocenters. The Labute approximate surface area is 382 Å². The van der Waals surface area contributed by atoms with Gasteiger partial charge in [0.05, 0.1) is 5.41 Å². The monoisotopic (exact) mass is 829 g/mol. The Kier molecular flexibility index (Phi) is 9.14. The highest BCUT2D eigenvalue weighted by Crippen LogP contribution is 2.57. The number of fused-ring (bicyclic) bond motifs is 6. The lowest BCUT2D eigenvalue weighted by atomic mass is 9.67. The minimum Gasteiger partial charge on any atom is -0.310 e. The van der Waals surface area contributed by atoms with Crippen molar-refractivity contribution >= 4 is 17.1 Å². The van der Waals surface area contributed by atoms with Crippen molar-refractivity contribution in [2.75, 3.05) is 4.90 Å². The van der Waals surface area contributed by atoms with Crippen LogP contribution in [0.5, 0.6) is 0 Å². The van der Waals surface area contributed by atoms with Crippen LogP contribution in [0.25, 0.3) is 55.6 Å². The predicted molar refractivity (Wildman–Crippen MR) is 272 cm³/mol. The average molecular weight is 830 g/mol. The molecule has 0 bridgehead atoms. The zero-order valence-electron chi connectivity index (χ0n) is 36.6. The maximum Gasteiger partial charge on any atom is 0.0713 e. The lowest BCUT2D eigenvalue weighted by molar-refractivity contribution is 0.660. The number of benzene rings is 10. The van der Waals surface area contributed by atoms with Crippen molar-refractivity contribution in [1.29, 1.82) is 0 Å². The molecule has 10 aromatic carbocycles. The van der Waals surface area contributed by atoms with Gasteiger partial charge in [-0.1, -0.05) is 214 Å². The summed E-state index contributed by atoms with van der Waals surface area (Å²) in [5.74, 6) is 0. The van der Waals surface area contributed by atoms with E-state index < -0.39 is 5.41 Å². The SMILES string of the molecule is CC1(C)c2ccccc2-c2ccc(N(c3ccc(-c4ccc5c(c4)C(c4ccccc4)(c4ccccc4)c4ccccc4-5)cc3)c3cc(-c4ccccc4)cc(-c4ccccc4)c3)cc21. The minimum absolute atomic E-state index is 0.138. The molecule has 1 heteroatoms. The van der Waals surface area contributed by atoms with Gasteiger partial charge in [0.15, 0.2) is 0 Å². The quantitative estimate of drug-likeness (QED) is 0.147. The topological polar surface area (TPSA) is 3.24 Å². The second kappa shape index (κ2) is 15.4. The molecule has 0 saturated heterocycles. The van der Waals surface area contributed by atoms with Crippen molar-refractivity contribution < 1.29 is 0 Å². The van der Waals surface area contributed by atoms with E-state index in [4.69, 9.17) is 0 Å². The molecular weight excluding hydrogens is 783 g/mol. The Balaban J connectivity index is 1.03. The maximum atomic E-state index is 2.46. The van der Waals surface area contributed by atoms with Crippen molar-refractivity contribution in [2.45, 2.75) is 24.7 Å². The summed E-state index contributed by atoms with van der Waals surface area (Å²) < 4.78 is 0. The van der Waals surface area contributed by atoms with E-state index in [1.165, 1.54) is 89.0 Å². The van der Waals surface area contributed by atoms with Gasteiger partial charge in [0.1, 0.15) is 0 Å². The summed E-state index contributed by atoms with van der Waals surface area (Å²) in [6.45, 7) is 4.73. The predicted octanol–water partition coefficient (Wildman–Crippen LogP) is 16.8. The molecule has 0 saturated carbocycles. The van der Waals surface area contributed by atoms with Crippen LogP contribution in [-0.4, -0.2) is 0 Å². The summed E-state index contributed by atoms with van der Waals surface area (Å²) >= 11 is 0. The van der Waals surface area contributed by atoms with Crippen LogP contribution < -0.4 is 4.90 Å². The fraction of sp³-hybridized carbons (Fsp3) is 0.0625. The number of hydrogen-bond donors (Lipinski definition) is 0. The highest BCUT2D eigenvalue weighted by Gasteiger charge is 2.46. The van der Waals surface area contributed by atoms with E-state index in [1.807, 2.05) is 0 Å². The van der Waals surface area contributed by atoms with E-state index in [9.17, 15) is 0 Å². The molecule has 0 N–H and O–H groups in total. The van der Waals surface area contributed by atoms with Gasteiger partial charge >= 0.3 is 0 Å². The second-order valence-corrected chi connectivity index (χ2v) is 18.1. The fourth-order valence-corrected chi connectivity index (χ4v) is 11.0. The molecule has 0 fully saturated rings. The second-order valence-electron chi connectivity index (χ2n) is 18.1. The Hall–Kier alpha value is -8.00. The largest absolute Gasteiger partial charge is 0.310 e. The van der Waals surface area contributed by atoms with Gasteiger partial charge < -0.3 is 4.90 Å². The summed E-state index contributed by atoms with van der Waals surface area (Å²) in [4.78, 5) is 2.46. The molecule has 0 spiro atoms. The van der Waals surface area contributed by atoms with Gasteiger partial charge in [-0.2, -0.15) is 0 Å². The maximum absolute atomic E-state index is 2.46. The van der Waals surface area contributed by atoms with Crippen LogP contribution in [0.2, 0.25) is 0 Å². The first-order chi connectivity index (χ1) is 32.0. The standard InChI is InChI=1S/C64H47N/c1-63(2)59-29-17-15-27-55(59)57-38-36-53(43-61(57)63)65(54-40-48(44-19-7-3-8-20-44)39-49(41-54)45-21-9-4-10-22-45)52-34-31-46(32-35-52)47-33-37-58-56-28-16-18-30-60(56)64(62(58)42-47,50-23-11-5-12-24-50)51-25-13-6-14-26-51/h3-43H,1-2H3. The van der Waals surface area contributed by atoms with Gasteiger partial charge in [0, 0.05) is 22.5 Å². The normalized spacial score (nSPS) is 13.6.